The second-order valence-corrected chi connectivity index (χ2v) is 21.5. The molecule has 1 atom stereocenters. The number of fused-ring (bicyclic) bond motifs is 1. The highest BCUT2D eigenvalue weighted by Gasteiger charge is 2.40. The first-order valence-corrected chi connectivity index (χ1v) is 21.0. The van der Waals surface area contributed by atoms with E-state index >= 15 is 0 Å². The summed E-state index contributed by atoms with van der Waals surface area (Å²) in [7, 11) is 1.45. The minimum Gasteiger partial charge on any atom is -0.491 e. The number of carbonyl (C=O) groups is 1. The summed E-state index contributed by atoms with van der Waals surface area (Å²) in [6.07, 6.45) is -0.834. The van der Waals surface area contributed by atoms with Crippen molar-refractivity contribution in [3.63, 3.8) is 0 Å². The molecule has 5 rings (SSSR count). The van der Waals surface area contributed by atoms with Gasteiger partial charge in [-0.05, 0) is 84.8 Å². The fourth-order valence-corrected chi connectivity index (χ4v) is 7.65. The molecule has 0 spiro atoms. The lowest BCUT2D eigenvalue weighted by Gasteiger charge is -2.40. The van der Waals surface area contributed by atoms with Crippen LogP contribution in [0.25, 0.3) is 22.6 Å². The zero-order valence-corrected chi connectivity index (χ0v) is 34.9. The zero-order chi connectivity index (χ0) is 38.5. The van der Waals surface area contributed by atoms with E-state index < -0.39 is 26.1 Å². The fourth-order valence-electron chi connectivity index (χ4n) is 6.12. The molecule has 14 heteroatoms. The summed E-state index contributed by atoms with van der Waals surface area (Å²) in [5.41, 5.74) is 6.62. The Morgan fingerprint density at radius 1 is 1.06 bits per heavy atom. The Hall–Kier alpha value is -3.94. The van der Waals surface area contributed by atoms with Crippen LogP contribution in [0.5, 0.6) is 5.75 Å². The van der Waals surface area contributed by atoms with E-state index in [1.807, 2.05) is 72.3 Å². The van der Waals surface area contributed by atoms with Crippen LogP contribution in [-0.2, 0) is 29.3 Å². The summed E-state index contributed by atoms with van der Waals surface area (Å²) in [4.78, 5) is 27.0. The number of benzene rings is 1. The quantitative estimate of drug-likeness (QED) is 0.146. The van der Waals surface area contributed by atoms with Gasteiger partial charge in [-0.2, -0.15) is 5.10 Å². The van der Waals surface area contributed by atoms with E-state index in [-0.39, 0.29) is 11.6 Å². The van der Waals surface area contributed by atoms with Gasteiger partial charge in [0.15, 0.2) is 14.1 Å². The number of hydrogen-bond donors (Lipinski definition) is 0. The fraction of sp³-hybridized carbons (Fsp3) is 0.553. The van der Waals surface area contributed by atoms with Crippen molar-refractivity contribution < 1.29 is 23.2 Å². The van der Waals surface area contributed by atoms with Crippen LogP contribution < -0.4 is 9.64 Å². The molecule has 52 heavy (non-hydrogen) atoms. The van der Waals surface area contributed by atoms with Gasteiger partial charge in [0.05, 0.1) is 52.6 Å². The Bertz CT molecular complexity index is 1910. The summed E-state index contributed by atoms with van der Waals surface area (Å²) in [5.74, 6) is 2.50. The standard InChI is InChI=1S/C38H54ClN7O5Si/c1-22-33(32-24(3)43-50-25(32)4)40-34(41-35(22)46-19-29-23(2)42-45(12)31(29)20-46)28-17-26(15-16-30(28)39)48-21-27(51-52(13,14)38(8,9)10)18-44(11)36(47)49-37(5,6)7/h15-17,27H,18-21H2,1-14H3. The smallest absolute Gasteiger partial charge is 0.410 e. The van der Waals surface area contributed by atoms with Crippen LogP contribution in [0.3, 0.4) is 0 Å². The Morgan fingerprint density at radius 2 is 1.75 bits per heavy atom. The van der Waals surface area contributed by atoms with Crippen molar-refractivity contribution in [3.8, 4) is 28.4 Å². The largest absolute Gasteiger partial charge is 0.491 e. The predicted octanol–water partition coefficient (Wildman–Crippen LogP) is 8.58. The van der Waals surface area contributed by atoms with Crippen molar-refractivity contribution in [1.82, 2.24) is 29.8 Å². The maximum Gasteiger partial charge on any atom is 0.410 e. The van der Waals surface area contributed by atoms with Gasteiger partial charge >= 0.3 is 6.09 Å². The lowest BCUT2D eigenvalue weighted by Crippen LogP contribution is -2.49. The number of rotatable bonds is 10. The number of hydrogen-bond acceptors (Lipinski definition) is 10. The lowest BCUT2D eigenvalue weighted by molar-refractivity contribution is 0.0172. The molecule has 4 heterocycles. The van der Waals surface area contributed by atoms with Gasteiger partial charge in [0, 0.05) is 37.3 Å². The van der Waals surface area contributed by atoms with Crippen LogP contribution in [0.1, 0.15) is 75.5 Å². The van der Waals surface area contributed by atoms with Gasteiger partial charge in [-0.1, -0.05) is 37.5 Å². The van der Waals surface area contributed by atoms with Crippen LogP contribution in [0.15, 0.2) is 22.7 Å². The normalized spacial score (nSPS) is 14.1. The topological polar surface area (TPSA) is 121 Å². The summed E-state index contributed by atoms with van der Waals surface area (Å²) in [6, 6.07) is 5.48. The maximum absolute atomic E-state index is 12.9. The number of aromatic nitrogens is 5. The number of aryl methyl sites for hydroxylation is 4. The van der Waals surface area contributed by atoms with Gasteiger partial charge in [0.1, 0.15) is 29.5 Å². The van der Waals surface area contributed by atoms with Crippen LogP contribution in [0.4, 0.5) is 10.6 Å². The molecule has 0 radical (unpaired) electrons. The molecule has 0 aliphatic carbocycles. The molecule has 1 aliphatic rings. The molecule has 12 nitrogen and oxygen atoms in total. The Kier molecular flexibility index (Phi) is 10.9. The number of nitrogens with zero attached hydrogens (tertiary/aromatic N) is 7. The van der Waals surface area contributed by atoms with Crippen molar-refractivity contribution in [2.75, 3.05) is 25.1 Å². The molecule has 0 N–H and O–H groups in total. The van der Waals surface area contributed by atoms with Gasteiger partial charge < -0.3 is 28.2 Å². The average molecular weight is 752 g/mol. The van der Waals surface area contributed by atoms with Gasteiger partial charge in [-0.25, -0.2) is 14.8 Å². The molecule has 0 saturated carbocycles. The highest BCUT2D eigenvalue weighted by atomic mass is 35.5. The number of likely N-dealkylation sites (N-methyl/N-ethyl adjacent to an activating group) is 1. The van der Waals surface area contributed by atoms with Gasteiger partial charge in [0.25, 0.3) is 0 Å². The second kappa shape index (κ2) is 14.5. The SMILES string of the molecule is Cc1nn(C)c2c1CN(c1nc(-c3cc(OCC(CN(C)C(=O)OC(C)(C)C)O[Si](C)(C)C(C)(C)C)ccc3Cl)nc(-c3c(C)noc3C)c1C)C2. The molecule has 4 aromatic rings. The average Bonchev–Trinajstić information content (AvgIpc) is 3.69. The van der Waals surface area contributed by atoms with E-state index in [1.165, 1.54) is 5.56 Å². The van der Waals surface area contributed by atoms with Gasteiger partial charge in [-0.15, -0.1) is 0 Å². The predicted molar refractivity (Wildman–Crippen MR) is 206 cm³/mol. The van der Waals surface area contributed by atoms with E-state index in [0.717, 1.165) is 39.7 Å². The van der Waals surface area contributed by atoms with Crippen LogP contribution >= 0.6 is 11.6 Å². The Balaban J connectivity index is 1.50. The van der Waals surface area contributed by atoms with E-state index in [1.54, 1.807) is 18.0 Å². The van der Waals surface area contributed by atoms with Crippen LogP contribution in [0.2, 0.25) is 23.2 Å². The van der Waals surface area contributed by atoms with Crippen LogP contribution in [0, 0.1) is 27.7 Å². The highest BCUT2D eigenvalue weighted by Crippen LogP contribution is 2.40. The molecule has 0 fully saturated rings. The number of anilines is 1. The van der Waals surface area contributed by atoms with Crippen LogP contribution in [-0.4, -0.2) is 76.1 Å². The monoisotopic (exact) mass is 751 g/mol. The van der Waals surface area contributed by atoms with E-state index in [9.17, 15) is 4.79 Å². The first kappa shape index (κ1) is 39.3. The van der Waals surface area contributed by atoms with E-state index in [4.69, 9.17) is 40.0 Å². The van der Waals surface area contributed by atoms with Crippen molar-refractivity contribution in [1.29, 1.82) is 0 Å². The van der Waals surface area contributed by atoms with Crippen molar-refractivity contribution in [2.45, 2.75) is 112 Å². The molecule has 282 valence electrons. The summed E-state index contributed by atoms with van der Waals surface area (Å²) in [6.45, 7) is 26.2. The molecule has 0 saturated heterocycles. The molecule has 0 bridgehead atoms. The molecule has 1 amide bonds. The Morgan fingerprint density at radius 3 is 2.35 bits per heavy atom. The molecule has 3 aromatic heterocycles. The number of ether oxygens (including phenoxy) is 2. The molecule has 1 unspecified atom stereocenters. The van der Waals surface area contributed by atoms with Crippen molar-refractivity contribution >= 4 is 31.8 Å². The van der Waals surface area contributed by atoms with E-state index in [2.05, 4.69) is 49.0 Å². The summed E-state index contributed by atoms with van der Waals surface area (Å²) >= 11 is 6.91. The van der Waals surface area contributed by atoms with Gasteiger partial charge in [-0.3, -0.25) is 4.68 Å². The second-order valence-electron chi connectivity index (χ2n) is 16.3. The number of amides is 1. The third-order valence-electron chi connectivity index (χ3n) is 9.92. The first-order valence-electron chi connectivity index (χ1n) is 17.7. The summed E-state index contributed by atoms with van der Waals surface area (Å²) in [5, 5.41) is 9.28. The lowest BCUT2D eigenvalue weighted by atomic mass is 10.0. The van der Waals surface area contributed by atoms with Gasteiger partial charge in [0.2, 0.25) is 0 Å². The molecule has 1 aromatic carbocycles. The third kappa shape index (κ3) is 8.31. The van der Waals surface area contributed by atoms with E-state index in [0.29, 0.717) is 47.6 Å². The van der Waals surface area contributed by atoms with Crippen molar-refractivity contribution in [2.24, 2.45) is 7.05 Å². The van der Waals surface area contributed by atoms with Crippen molar-refractivity contribution in [3.05, 3.63) is 57.2 Å². The molecular weight excluding hydrogens is 698 g/mol. The number of halogens is 1. The minimum absolute atomic E-state index is 0.0471. The number of carbonyl (C=O) groups excluding carboxylic acids is 1. The third-order valence-corrected chi connectivity index (χ3v) is 14.8. The highest BCUT2D eigenvalue weighted by molar-refractivity contribution is 6.74. The molecular formula is C38H54ClN7O5Si. The minimum atomic E-state index is -2.24. The maximum atomic E-state index is 12.9. The zero-order valence-electron chi connectivity index (χ0n) is 33.2. The Labute approximate surface area is 313 Å². The first-order chi connectivity index (χ1) is 24.1. The summed E-state index contributed by atoms with van der Waals surface area (Å²) < 4.78 is 26.4. The molecule has 1 aliphatic heterocycles.